The molecule has 0 heterocycles. The minimum Gasteiger partial charge on any atom is -0.471 e. The summed E-state index contributed by atoms with van der Waals surface area (Å²) in [6.45, 7) is 0.685. The van der Waals surface area contributed by atoms with Crippen molar-refractivity contribution in [3.63, 3.8) is 0 Å². The Hall–Kier alpha value is -1.11. The van der Waals surface area contributed by atoms with Crippen LogP contribution in [0.3, 0.4) is 0 Å². The van der Waals surface area contributed by atoms with Crippen molar-refractivity contribution < 1.29 is 4.74 Å². The van der Waals surface area contributed by atoms with Crippen LogP contribution in [0.15, 0.2) is 33.6 Å². The molecule has 1 aliphatic rings. The molecule has 0 bridgehead atoms. The number of hydrogen-bond donors (Lipinski definition) is 0. The molecule has 1 aromatic rings. The third-order valence-electron chi connectivity index (χ3n) is 3.35. The molecule has 1 aliphatic carbocycles. The molecule has 0 spiro atoms. The van der Waals surface area contributed by atoms with Gasteiger partial charge in [0.05, 0.1) is 6.61 Å². The van der Waals surface area contributed by atoms with Gasteiger partial charge in [0.2, 0.25) is 0 Å². The summed E-state index contributed by atoms with van der Waals surface area (Å²) < 4.78 is 9.90. The molecule has 2 nitrogen and oxygen atoms in total. The smallest absolute Gasteiger partial charge is 0.275 e. The Morgan fingerprint density at radius 3 is 2.65 bits per heavy atom. The molecule has 1 fully saturated rings. The van der Waals surface area contributed by atoms with Gasteiger partial charge >= 0.3 is 0 Å². The molecule has 0 aliphatic heterocycles. The molecule has 106 valence electrons. The third-order valence-corrected chi connectivity index (χ3v) is 4.34. The minimum atomic E-state index is 0.371. The first-order valence-corrected chi connectivity index (χ1v) is 8.03. The van der Waals surface area contributed by atoms with Crippen molar-refractivity contribution in [2.75, 3.05) is 6.61 Å². The van der Waals surface area contributed by atoms with Crippen molar-refractivity contribution >= 4 is 29.4 Å². The first-order valence-electron chi connectivity index (χ1n) is 6.88. The zero-order valence-corrected chi connectivity index (χ0v) is 12.9. The monoisotopic (exact) mass is 307 g/mol. The van der Waals surface area contributed by atoms with E-state index in [2.05, 4.69) is 10.3 Å². The maximum atomic E-state index is 5.84. The first-order chi connectivity index (χ1) is 9.78. The van der Waals surface area contributed by atoms with Crippen LogP contribution in [-0.4, -0.2) is 12.5 Å². The van der Waals surface area contributed by atoms with Gasteiger partial charge in [0.15, 0.2) is 0 Å². The topological polar surface area (TPSA) is 21.6 Å². The predicted octanol–water partition coefficient (Wildman–Crippen LogP) is 4.98. The Labute approximate surface area is 130 Å². The van der Waals surface area contributed by atoms with E-state index in [1.165, 1.54) is 44.1 Å². The first kappa shape index (κ1) is 15.3. The van der Waals surface area contributed by atoms with Crippen LogP contribution in [-0.2, 0) is 4.74 Å². The van der Waals surface area contributed by atoms with Crippen molar-refractivity contribution in [1.29, 1.82) is 0 Å². The zero-order valence-electron chi connectivity index (χ0n) is 11.3. The Bertz CT molecular complexity index is 486. The van der Waals surface area contributed by atoms with Gasteiger partial charge in [0, 0.05) is 21.9 Å². The van der Waals surface area contributed by atoms with E-state index in [1.807, 2.05) is 24.3 Å². The minimum absolute atomic E-state index is 0.371. The number of rotatable bonds is 4. The summed E-state index contributed by atoms with van der Waals surface area (Å²) in [4.78, 5) is 0.989. The van der Waals surface area contributed by atoms with Gasteiger partial charge in [-0.15, -0.1) is 6.42 Å². The lowest BCUT2D eigenvalue weighted by molar-refractivity contribution is 0.202. The number of hydrogen-bond acceptors (Lipinski definition) is 3. The van der Waals surface area contributed by atoms with E-state index in [0.29, 0.717) is 23.4 Å². The van der Waals surface area contributed by atoms with Crippen LogP contribution in [0, 0.1) is 18.3 Å². The lowest BCUT2D eigenvalue weighted by Crippen LogP contribution is -2.15. The third kappa shape index (κ3) is 5.11. The molecular weight excluding hydrogens is 290 g/mol. The van der Waals surface area contributed by atoms with Gasteiger partial charge in [-0.25, -0.2) is 0 Å². The summed E-state index contributed by atoms with van der Waals surface area (Å²) in [5.41, 5.74) is 0. The lowest BCUT2D eigenvalue weighted by atomic mass is 9.90. The largest absolute Gasteiger partial charge is 0.471 e. The second-order valence-electron chi connectivity index (χ2n) is 4.90. The van der Waals surface area contributed by atoms with Gasteiger partial charge in [-0.1, -0.05) is 30.9 Å². The highest BCUT2D eigenvalue weighted by Gasteiger charge is 2.14. The quantitative estimate of drug-likeness (QED) is 0.339. The Kier molecular flexibility index (Phi) is 6.29. The number of benzene rings is 1. The van der Waals surface area contributed by atoms with Crippen LogP contribution < -0.4 is 0 Å². The molecule has 4 heteroatoms. The van der Waals surface area contributed by atoms with E-state index in [9.17, 15) is 0 Å². The molecule has 0 N–H and O–H groups in total. The van der Waals surface area contributed by atoms with Crippen LogP contribution >= 0.6 is 23.5 Å². The molecule has 0 radical (unpaired) electrons. The van der Waals surface area contributed by atoms with Crippen molar-refractivity contribution in [2.45, 2.75) is 37.0 Å². The van der Waals surface area contributed by atoms with E-state index in [0.717, 1.165) is 4.90 Å². The molecule has 0 amide bonds. The lowest BCUT2D eigenvalue weighted by Gasteiger charge is -2.21. The summed E-state index contributed by atoms with van der Waals surface area (Å²) in [6.07, 6.45) is 11.9. The molecule has 1 aromatic carbocycles. The molecule has 2 rings (SSSR count). The SMILES string of the molecule is C#CC(=NSc1ccc(Cl)cc1)OCC1CCCCC1. The van der Waals surface area contributed by atoms with Gasteiger partial charge in [0.25, 0.3) is 5.90 Å². The predicted molar refractivity (Wildman–Crippen MR) is 86.1 cm³/mol. The summed E-state index contributed by atoms with van der Waals surface area (Å²) in [5, 5.41) is 0.712. The number of nitrogens with zero attached hydrogens (tertiary/aromatic N) is 1. The Balaban J connectivity index is 1.82. The molecule has 0 aromatic heterocycles. The van der Waals surface area contributed by atoms with Crippen LogP contribution in [0.1, 0.15) is 32.1 Å². The fraction of sp³-hybridized carbons (Fsp3) is 0.438. The van der Waals surface area contributed by atoms with Gasteiger partial charge in [-0.2, -0.15) is 4.40 Å². The summed E-state index contributed by atoms with van der Waals surface area (Å²) >= 11 is 7.15. The maximum Gasteiger partial charge on any atom is 0.275 e. The molecule has 0 atom stereocenters. The average molecular weight is 308 g/mol. The zero-order chi connectivity index (χ0) is 14.2. The van der Waals surface area contributed by atoms with Gasteiger partial charge < -0.3 is 4.74 Å². The highest BCUT2D eigenvalue weighted by atomic mass is 35.5. The average Bonchev–Trinajstić information content (AvgIpc) is 2.50. The van der Waals surface area contributed by atoms with E-state index < -0.39 is 0 Å². The van der Waals surface area contributed by atoms with E-state index in [4.69, 9.17) is 22.8 Å². The maximum absolute atomic E-state index is 5.84. The van der Waals surface area contributed by atoms with Gasteiger partial charge in [-0.05, 0) is 48.9 Å². The summed E-state index contributed by atoms with van der Waals surface area (Å²) in [5.74, 6) is 3.50. The Morgan fingerprint density at radius 1 is 1.30 bits per heavy atom. The van der Waals surface area contributed by atoms with Crippen molar-refractivity contribution in [2.24, 2.45) is 10.3 Å². The highest BCUT2D eigenvalue weighted by molar-refractivity contribution is 7.98. The summed E-state index contributed by atoms with van der Waals surface area (Å²) in [6, 6.07) is 7.48. The standard InChI is InChI=1S/C16H18ClNOS/c1-2-16(19-12-13-6-4-3-5-7-13)18-20-15-10-8-14(17)9-11-15/h1,8-11,13H,3-7,12H2. The molecule has 0 unspecified atom stereocenters. The molecular formula is C16H18ClNOS. The number of terminal acetylenes is 1. The van der Waals surface area contributed by atoms with Crippen LogP contribution in [0.2, 0.25) is 5.02 Å². The Morgan fingerprint density at radius 2 is 2.00 bits per heavy atom. The summed E-state index contributed by atoms with van der Waals surface area (Å²) in [7, 11) is 0. The molecule has 20 heavy (non-hydrogen) atoms. The van der Waals surface area contributed by atoms with E-state index in [-0.39, 0.29) is 0 Å². The normalized spacial score (nSPS) is 16.7. The fourth-order valence-corrected chi connectivity index (χ4v) is 2.91. The van der Waals surface area contributed by atoms with E-state index >= 15 is 0 Å². The molecule has 0 saturated heterocycles. The van der Waals surface area contributed by atoms with E-state index in [1.54, 1.807) is 0 Å². The van der Waals surface area contributed by atoms with Crippen molar-refractivity contribution in [3.8, 4) is 12.3 Å². The number of halogens is 1. The van der Waals surface area contributed by atoms with Crippen molar-refractivity contribution in [3.05, 3.63) is 29.3 Å². The van der Waals surface area contributed by atoms with Gasteiger partial charge in [-0.3, -0.25) is 0 Å². The van der Waals surface area contributed by atoms with Crippen LogP contribution in [0.5, 0.6) is 0 Å². The highest BCUT2D eigenvalue weighted by Crippen LogP contribution is 2.24. The fourth-order valence-electron chi connectivity index (χ4n) is 2.23. The second-order valence-corrected chi connectivity index (χ2v) is 6.17. The van der Waals surface area contributed by atoms with Crippen molar-refractivity contribution in [1.82, 2.24) is 0 Å². The van der Waals surface area contributed by atoms with Gasteiger partial charge in [0.1, 0.15) is 0 Å². The second kappa shape index (κ2) is 8.24. The molecule has 1 saturated carbocycles. The van der Waals surface area contributed by atoms with Crippen LogP contribution in [0.25, 0.3) is 0 Å². The van der Waals surface area contributed by atoms with Crippen LogP contribution in [0.4, 0.5) is 0 Å². The number of ether oxygens (including phenoxy) is 1.